The predicted molar refractivity (Wildman–Crippen MR) is 35.2 cm³/mol. The Morgan fingerprint density at radius 3 is 2.44 bits per heavy atom. The molecule has 9 heavy (non-hydrogen) atoms. The van der Waals surface area contributed by atoms with Crippen LogP contribution in [0.4, 0.5) is 0 Å². The topological polar surface area (TPSA) is 45.4 Å². The molecule has 0 fully saturated rings. The molecule has 1 aromatic heterocycles. The van der Waals surface area contributed by atoms with Crippen molar-refractivity contribution in [3.05, 3.63) is 18.5 Å². The van der Waals surface area contributed by atoms with Crippen molar-refractivity contribution in [3.8, 4) is 0 Å². The maximum absolute atomic E-state index is 8.58. The van der Waals surface area contributed by atoms with Crippen LogP contribution in [0.15, 0.2) is 18.5 Å². The zero-order chi connectivity index (χ0) is 6.85. The van der Waals surface area contributed by atoms with Crippen molar-refractivity contribution in [3.63, 3.8) is 0 Å². The summed E-state index contributed by atoms with van der Waals surface area (Å²) < 4.78 is 1.76. The summed E-state index contributed by atoms with van der Waals surface area (Å²) in [5.74, 6) is 0. The Kier molecular flexibility index (Phi) is 1.59. The van der Waals surface area contributed by atoms with Crippen LogP contribution in [-0.4, -0.2) is 21.7 Å². The van der Waals surface area contributed by atoms with E-state index >= 15 is 0 Å². The molecular formula is C5H8BNO2. The lowest BCUT2D eigenvalue weighted by atomic mass is 9.83. The van der Waals surface area contributed by atoms with E-state index in [0.717, 1.165) is 0 Å². The Hall–Kier alpha value is -0.735. The second-order valence-electron chi connectivity index (χ2n) is 1.98. The molecule has 1 rings (SSSR count). The minimum Gasteiger partial charge on any atom is -0.423 e. The molecule has 2 N–H and O–H groups in total. The molecule has 48 valence electrons. The summed E-state index contributed by atoms with van der Waals surface area (Å²) in [6.07, 6.45) is 3.42. The molecule has 0 aliphatic rings. The first-order valence-electron chi connectivity index (χ1n) is 2.68. The van der Waals surface area contributed by atoms with E-state index in [9.17, 15) is 0 Å². The lowest BCUT2D eigenvalue weighted by Crippen LogP contribution is -2.28. The zero-order valence-electron chi connectivity index (χ0n) is 5.15. The Bertz CT molecular complexity index is 197. The van der Waals surface area contributed by atoms with Gasteiger partial charge in [0.05, 0.1) is 0 Å². The molecule has 4 heteroatoms. The molecule has 0 aliphatic heterocycles. The molecule has 1 aromatic rings. The van der Waals surface area contributed by atoms with Gasteiger partial charge in [-0.2, -0.15) is 0 Å². The summed E-state index contributed by atoms with van der Waals surface area (Å²) in [4.78, 5) is 0. The van der Waals surface area contributed by atoms with Gasteiger partial charge < -0.3 is 14.6 Å². The Morgan fingerprint density at radius 2 is 2.22 bits per heavy atom. The van der Waals surface area contributed by atoms with Crippen molar-refractivity contribution in [1.82, 2.24) is 4.57 Å². The van der Waals surface area contributed by atoms with E-state index < -0.39 is 7.12 Å². The largest absolute Gasteiger partial charge is 0.489 e. The van der Waals surface area contributed by atoms with Crippen LogP contribution in [0.2, 0.25) is 0 Å². The first-order valence-corrected chi connectivity index (χ1v) is 2.68. The van der Waals surface area contributed by atoms with Gasteiger partial charge in [0.15, 0.2) is 0 Å². The molecule has 0 spiro atoms. The molecule has 0 unspecified atom stereocenters. The van der Waals surface area contributed by atoms with E-state index in [1.165, 1.54) is 0 Å². The van der Waals surface area contributed by atoms with Gasteiger partial charge in [-0.05, 0) is 11.5 Å². The summed E-state index contributed by atoms with van der Waals surface area (Å²) >= 11 is 0. The van der Waals surface area contributed by atoms with Gasteiger partial charge in [0.2, 0.25) is 0 Å². The van der Waals surface area contributed by atoms with Crippen LogP contribution in [-0.2, 0) is 7.05 Å². The van der Waals surface area contributed by atoms with E-state index in [2.05, 4.69) is 0 Å². The average Bonchev–Trinajstić information content (AvgIpc) is 2.14. The normalized spacial score (nSPS) is 9.67. The van der Waals surface area contributed by atoms with E-state index in [1.807, 2.05) is 7.05 Å². The summed E-state index contributed by atoms with van der Waals surface area (Å²) in [6, 6.07) is 1.66. The Labute approximate surface area is 53.7 Å². The quantitative estimate of drug-likeness (QED) is 0.458. The van der Waals surface area contributed by atoms with Crippen LogP contribution < -0.4 is 5.46 Å². The van der Waals surface area contributed by atoms with Crippen LogP contribution in [0, 0.1) is 0 Å². The smallest absolute Gasteiger partial charge is 0.423 e. The van der Waals surface area contributed by atoms with Gasteiger partial charge in [0.1, 0.15) is 0 Å². The minimum atomic E-state index is -1.34. The van der Waals surface area contributed by atoms with Crippen LogP contribution in [0.25, 0.3) is 0 Å². The third-order valence-electron chi connectivity index (χ3n) is 1.15. The van der Waals surface area contributed by atoms with Crippen molar-refractivity contribution in [1.29, 1.82) is 0 Å². The van der Waals surface area contributed by atoms with E-state index in [1.54, 1.807) is 23.0 Å². The second-order valence-corrected chi connectivity index (χ2v) is 1.98. The molecule has 0 amide bonds. The SMILES string of the molecule is Cn1ccc(B(O)O)c1. The Balaban J connectivity index is 2.85. The number of aryl methyl sites for hydroxylation is 1. The fourth-order valence-corrected chi connectivity index (χ4v) is 0.678. The van der Waals surface area contributed by atoms with Crippen molar-refractivity contribution < 1.29 is 10.0 Å². The number of rotatable bonds is 1. The standard InChI is InChI=1S/C5H8BNO2/c1-7-3-2-5(4-7)6(8)9/h2-4,8-9H,1H3. The second kappa shape index (κ2) is 2.25. The highest BCUT2D eigenvalue weighted by Crippen LogP contribution is 1.82. The predicted octanol–water partition coefficient (Wildman–Crippen LogP) is -1.30. The molecule has 0 saturated heterocycles. The summed E-state index contributed by atoms with van der Waals surface area (Å²) in [6.45, 7) is 0. The van der Waals surface area contributed by atoms with Crippen LogP contribution in [0.5, 0.6) is 0 Å². The summed E-state index contributed by atoms with van der Waals surface area (Å²) in [5.41, 5.74) is 0.525. The molecule has 0 atom stereocenters. The zero-order valence-corrected chi connectivity index (χ0v) is 5.15. The maximum atomic E-state index is 8.58. The first-order chi connectivity index (χ1) is 4.20. The monoisotopic (exact) mass is 125 g/mol. The molecule has 3 nitrogen and oxygen atoms in total. The number of nitrogens with zero attached hydrogens (tertiary/aromatic N) is 1. The highest BCUT2D eigenvalue weighted by Gasteiger charge is 2.10. The highest BCUT2D eigenvalue weighted by atomic mass is 16.4. The van der Waals surface area contributed by atoms with Crippen LogP contribution in [0.3, 0.4) is 0 Å². The molecule has 0 radical (unpaired) electrons. The molecule has 0 aliphatic carbocycles. The van der Waals surface area contributed by atoms with Crippen molar-refractivity contribution >= 4 is 12.6 Å². The van der Waals surface area contributed by atoms with Gasteiger partial charge in [-0.3, -0.25) is 0 Å². The van der Waals surface area contributed by atoms with Crippen molar-refractivity contribution in [2.75, 3.05) is 0 Å². The third-order valence-corrected chi connectivity index (χ3v) is 1.15. The van der Waals surface area contributed by atoms with Crippen molar-refractivity contribution in [2.24, 2.45) is 7.05 Å². The van der Waals surface area contributed by atoms with Crippen LogP contribution in [0.1, 0.15) is 0 Å². The van der Waals surface area contributed by atoms with Crippen molar-refractivity contribution in [2.45, 2.75) is 0 Å². The molecule has 1 heterocycles. The fraction of sp³-hybridized carbons (Fsp3) is 0.200. The lowest BCUT2D eigenvalue weighted by Gasteiger charge is -1.89. The van der Waals surface area contributed by atoms with E-state index in [0.29, 0.717) is 5.46 Å². The molecule has 0 bridgehead atoms. The van der Waals surface area contributed by atoms with Gasteiger partial charge in [0, 0.05) is 19.4 Å². The number of hydrogen-bond donors (Lipinski definition) is 2. The highest BCUT2D eigenvalue weighted by molar-refractivity contribution is 6.58. The van der Waals surface area contributed by atoms with Gasteiger partial charge in [-0.15, -0.1) is 0 Å². The van der Waals surface area contributed by atoms with E-state index in [4.69, 9.17) is 10.0 Å². The van der Waals surface area contributed by atoms with Gasteiger partial charge in [-0.1, -0.05) is 0 Å². The molecule has 0 saturated carbocycles. The number of aromatic nitrogens is 1. The fourth-order valence-electron chi connectivity index (χ4n) is 0.678. The number of hydrogen-bond acceptors (Lipinski definition) is 2. The summed E-state index contributed by atoms with van der Waals surface area (Å²) in [7, 11) is 0.484. The maximum Gasteiger partial charge on any atom is 0.489 e. The van der Waals surface area contributed by atoms with Gasteiger partial charge in [0.25, 0.3) is 0 Å². The minimum absolute atomic E-state index is 0.525. The lowest BCUT2D eigenvalue weighted by molar-refractivity contribution is 0.426. The summed E-state index contributed by atoms with van der Waals surface area (Å²) in [5, 5.41) is 17.2. The van der Waals surface area contributed by atoms with Gasteiger partial charge in [-0.25, -0.2) is 0 Å². The molecular weight excluding hydrogens is 117 g/mol. The first kappa shape index (κ1) is 6.39. The van der Waals surface area contributed by atoms with E-state index in [-0.39, 0.29) is 0 Å². The average molecular weight is 125 g/mol. The third kappa shape index (κ3) is 1.34. The van der Waals surface area contributed by atoms with Gasteiger partial charge >= 0.3 is 7.12 Å². The molecule has 0 aromatic carbocycles. The van der Waals surface area contributed by atoms with Crippen LogP contribution >= 0.6 is 0 Å². The Morgan fingerprint density at radius 1 is 1.56 bits per heavy atom.